The zero-order valence-electron chi connectivity index (χ0n) is 9.93. The number of hydrogen-bond acceptors (Lipinski definition) is 0. The van der Waals surface area contributed by atoms with Crippen molar-refractivity contribution in [2.75, 3.05) is 0 Å². The SMILES string of the molecule is C1=CC2=C(C1)CCCCCCCCCC2. The first-order chi connectivity index (χ1) is 7.47. The molecule has 2 aliphatic carbocycles. The Morgan fingerprint density at radius 2 is 1.27 bits per heavy atom. The van der Waals surface area contributed by atoms with Gasteiger partial charge in [0.15, 0.2) is 0 Å². The maximum atomic E-state index is 2.39. The lowest BCUT2D eigenvalue weighted by Gasteiger charge is -2.09. The van der Waals surface area contributed by atoms with Crippen molar-refractivity contribution in [1.29, 1.82) is 0 Å². The molecule has 2 aliphatic rings. The van der Waals surface area contributed by atoms with E-state index >= 15 is 0 Å². The minimum atomic E-state index is 1.26. The standard InChI is InChI=1S/C15H24/c1-2-4-6-8-11-15-13-9-12-14(15)10-7-5-3-1/h9,12H,1-8,10-11,13H2. The van der Waals surface area contributed by atoms with Crippen molar-refractivity contribution in [3.05, 3.63) is 23.3 Å². The summed E-state index contributed by atoms with van der Waals surface area (Å²) in [6.45, 7) is 0. The molecule has 0 saturated heterocycles. The highest BCUT2D eigenvalue weighted by atomic mass is 14.1. The van der Waals surface area contributed by atoms with Crippen LogP contribution in [0.4, 0.5) is 0 Å². The van der Waals surface area contributed by atoms with Crippen LogP contribution in [0.5, 0.6) is 0 Å². The molecule has 0 fully saturated rings. The van der Waals surface area contributed by atoms with Gasteiger partial charge in [0.25, 0.3) is 0 Å². The minimum absolute atomic E-state index is 1.26. The third-order valence-corrected chi connectivity index (χ3v) is 3.81. The molecule has 0 N–H and O–H groups in total. The van der Waals surface area contributed by atoms with Crippen LogP contribution < -0.4 is 0 Å². The van der Waals surface area contributed by atoms with Gasteiger partial charge in [-0.2, -0.15) is 0 Å². The minimum Gasteiger partial charge on any atom is -0.0802 e. The molecule has 0 aromatic rings. The average molecular weight is 204 g/mol. The monoisotopic (exact) mass is 204 g/mol. The molecule has 84 valence electrons. The van der Waals surface area contributed by atoms with E-state index in [4.69, 9.17) is 0 Å². The molecule has 0 heterocycles. The van der Waals surface area contributed by atoms with Gasteiger partial charge in [0.2, 0.25) is 0 Å². The maximum absolute atomic E-state index is 2.39. The summed E-state index contributed by atoms with van der Waals surface area (Å²) in [6, 6.07) is 0. The van der Waals surface area contributed by atoms with Gasteiger partial charge in [-0.3, -0.25) is 0 Å². The van der Waals surface area contributed by atoms with Crippen LogP contribution in [0, 0.1) is 0 Å². The molecular formula is C15H24. The van der Waals surface area contributed by atoms with E-state index in [1.807, 2.05) is 0 Å². The van der Waals surface area contributed by atoms with Crippen LogP contribution >= 0.6 is 0 Å². The summed E-state index contributed by atoms with van der Waals surface area (Å²) < 4.78 is 0. The predicted molar refractivity (Wildman–Crippen MR) is 67.0 cm³/mol. The van der Waals surface area contributed by atoms with Crippen molar-refractivity contribution >= 4 is 0 Å². The third kappa shape index (κ3) is 3.52. The fourth-order valence-corrected chi connectivity index (χ4v) is 2.83. The van der Waals surface area contributed by atoms with Crippen molar-refractivity contribution in [1.82, 2.24) is 0 Å². The van der Waals surface area contributed by atoms with Gasteiger partial charge in [0, 0.05) is 0 Å². The fraction of sp³-hybridized carbons (Fsp3) is 0.733. The van der Waals surface area contributed by atoms with E-state index in [0.29, 0.717) is 0 Å². The number of rotatable bonds is 0. The zero-order valence-corrected chi connectivity index (χ0v) is 9.93. The Balaban J connectivity index is 1.88. The van der Waals surface area contributed by atoms with Crippen molar-refractivity contribution in [3.8, 4) is 0 Å². The lowest BCUT2D eigenvalue weighted by atomic mass is 9.96. The largest absolute Gasteiger partial charge is 0.0802 e. The molecule has 0 bridgehead atoms. The van der Waals surface area contributed by atoms with Crippen LogP contribution in [-0.4, -0.2) is 0 Å². The van der Waals surface area contributed by atoms with Gasteiger partial charge >= 0.3 is 0 Å². The highest BCUT2D eigenvalue weighted by Crippen LogP contribution is 2.28. The summed E-state index contributed by atoms with van der Waals surface area (Å²) in [5.41, 5.74) is 3.45. The molecule has 0 amide bonds. The highest BCUT2D eigenvalue weighted by Gasteiger charge is 2.09. The lowest BCUT2D eigenvalue weighted by molar-refractivity contribution is 0.559. The molecule has 15 heavy (non-hydrogen) atoms. The molecule has 0 aliphatic heterocycles. The first kappa shape index (κ1) is 11.0. The van der Waals surface area contributed by atoms with E-state index in [2.05, 4.69) is 12.2 Å². The normalized spacial score (nSPS) is 24.5. The molecule has 0 aromatic carbocycles. The van der Waals surface area contributed by atoms with Gasteiger partial charge in [-0.25, -0.2) is 0 Å². The Morgan fingerprint density at radius 3 is 2.00 bits per heavy atom. The Labute approximate surface area is 94.5 Å². The molecule has 0 unspecified atom stereocenters. The van der Waals surface area contributed by atoms with Gasteiger partial charge < -0.3 is 0 Å². The highest BCUT2D eigenvalue weighted by molar-refractivity contribution is 5.33. The van der Waals surface area contributed by atoms with Gasteiger partial charge in [-0.15, -0.1) is 0 Å². The smallest absolute Gasteiger partial charge is 0.0130 e. The summed E-state index contributed by atoms with van der Waals surface area (Å²) in [4.78, 5) is 0. The average Bonchev–Trinajstić information content (AvgIpc) is 2.65. The molecule has 2 rings (SSSR count). The van der Waals surface area contributed by atoms with Gasteiger partial charge in [0.05, 0.1) is 0 Å². The second-order valence-corrected chi connectivity index (χ2v) is 5.06. The first-order valence-corrected chi connectivity index (χ1v) is 6.84. The van der Waals surface area contributed by atoms with Crippen molar-refractivity contribution < 1.29 is 0 Å². The second kappa shape index (κ2) is 6.15. The van der Waals surface area contributed by atoms with Gasteiger partial charge in [0.1, 0.15) is 0 Å². The van der Waals surface area contributed by atoms with Crippen molar-refractivity contribution in [2.45, 2.75) is 70.6 Å². The van der Waals surface area contributed by atoms with Crippen LogP contribution in [0.3, 0.4) is 0 Å². The predicted octanol–water partition coefficient (Wildman–Crippen LogP) is 5.16. The van der Waals surface area contributed by atoms with Crippen LogP contribution in [0.1, 0.15) is 70.6 Å². The van der Waals surface area contributed by atoms with Crippen molar-refractivity contribution in [3.63, 3.8) is 0 Å². The summed E-state index contributed by atoms with van der Waals surface area (Å²) in [5, 5.41) is 0. The van der Waals surface area contributed by atoms with Crippen LogP contribution in [-0.2, 0) is 0 Å². The molecule has 0 atom stereocenters. The summed E-state index contributed by atoms with van der Waals surface area (Å²) >= 11 is 0. The summed E-state index contributed by atoms with van der Waals surface area (Å²) in [7, 11) is 0. The Bertz CT molecular complexity index is 245. The van der Waals surface area contributed by atoms with E-state index in [0.717, 1.165) is 0 Å². The van der Waals surface area contributed by atoms with Crippen LogP contribution in [0.2, 0.25) is 0 Å². The van der Waals surface area contributed by atoms with Crippen molar-refractivity contribution in [2.24, 2.45) is 0 Å². The molecular weight excluding hydrogens is 180 g/mol. The third-order valence-electron chi connectivity index (χ3n) is 3.81. The van der Waals surface area contributed by atoms with E-state index in [1.165, 1.54) is 70.6 Å². The van der Waals surface area contributed by atoms with Crippen LogP contribution in [0.25, 0.3) is 0 Å². The second-order valence-electron chi connectivity index (χ2n) is 5.06. The number of allylic oxidation sites excluding steroid dienone is 4. The van der Waals surface area contributed by atoms with E-state index in [-0.39, 0.29) is 0 Å². The Morgan fingerprint density at radius 1 is 0.667 bits per heavy atom. The quantitative estimate of drug-likeness (QED) is 0.511. The van der Waals surface area contributed by atoms with E-state index in [1.54, 1.807) is 11.1 Å². The molecule has 0 radical (unpaired) electrons. The number of hydrogen-bond donors (Lipinski definition) is 0. The Hall–Kier alpha value is -0.520. The van der Waals surface area contributed by atoms with Gasteiger partial charge in [-0.1, -0.05) is 56.3 Å². The first-order valence-electron chi connectivity index (χ1n) is 6.84. The Kier molecular flexibility index (Phi) is 4.50. The maximum Gasteiger partial charge on any atom is -0.0130 e. The summed E-state index contributed by atoms with van der Waals surface area (Å²) in [6.07, 6.45) is 20.4. The van der Waals surface area contributed by atoms with Gasteiger partial charge in [-0.05, 0) is 37.7 Å². The van der Waals surface area contributed by atoms with E-state index < -0.39 is 0 Å². The molecule has 0 spiro atoms. The fourth-order valence-electron chi connectivity index (χ4n) is 2.83. The summed E-state index contributed by atoms with van der Waals surface area (Å²) in [5.74, 6) is 0. The topological polar surface area (TPSA) is 0 Å². The van der Waals surface area contributed by atoms with E-state index in [9.17, 15) is 0 Å². The van der Waals surface area contributed by atoms with Crippen LogP contribution in [0.15, 0.2) is 23.3 Å². The molecule has 0 aromatic heterocycles. The molecule has 0 heteroatoms. The molecule has 0 saturated carbocycles. The lowest BCUT2D eigenvalue weighted by Crippen LogP contribution is -1.90. The molecule has 0 nitrogen and oxygen atoms in total. The zero-order chi connectivity index (χ0) is 10.3.